The van der Waals surface area contributed by atoms with Gasteiger partial charge in [0.1, 0.15) is 5.01 Å². The normalized spacial score (nSPS) is 26.4. The number of likely N-dealkylation sites (tertiary alicyclic amines) is 2. The number of nitrogens with zero attached hydrogens (tertiary/aromatic N) is 3. The Morgan fingerprint density at radius 2 is 2.33 bits per heavy atom. The molecule has 114 valence electrons. The highest BCUT2D eigenvalue weighted by Gasteiger charge is 2.39. The number of carbonyl (C=O) groups excluding carboxylic acids is 2. The molecule has 3 rings (SSSR count). The Bertz CT molecular complexity index is 517. The zero-order valence-electron chi connectivity index (χ0n) is 12.3. The van der Waals surface area contributed by atoms with Crippen molar-refractivity contribution >= 4 is 23.2 Å². The number of rotatable bonds is 3. The number of thiazole rings is 1. The molecule has 0 saturated carbocycles. The number of amides is 2. The fourth-order valence-electron chi connectivity index (χ4n) is 3.33. The largest absolute Gasteiger partial charge is 0.342 e. The van der Waals surface area contributed by atoms with Crippen molar-refractivity contribution in [3.63, 3.8) is 0 Å². The second kappa shape index (κ2) is 6.13. The highest BCUT2D eigenvalue weighted by Crippen LogP contribution is 2.34. The zero-order valence-corrected chi connectivity index (χ0v) is 13.1. The molecule has 0 bridgehead atoms. The summed E-state index contributed by atoms with van der Waals surface area (Å²) in [6.45, 7) is 4.03. The van der Waals surface area contributed by atoms with Gasteiger partial charge in [-0.25, -0.2) is 4.98 Å². The second-order valence-electron chi connectivity index (χ2n) is 5.75. The minimum atomic E-state index is -0.169. The van der Waals surface area contributed by atoms with Crippen LogP contribution >= 0.6 is 11.3 Å². The second-order valence-corrected chi connectivity index (χ2v) is 6.67. The molecular weight excluding hydrogens is 286 g/mol. The van der Waals surface area contributed by atoms with Gasteiger partial charge in [-0.1, -0.05) is 0 Å². The predicted molar refractivity (Wildman–Crippen MR) is 80.8 cm³/mol. The van der Waals surface area contributed by atoms with Crippen molar-refractivity contribution in [2.45, 2.75) is 38.6 Å². The van der Waals surface area contributed by atoms with E-state index in [-0.39, 0.29) is 23.8 Å². The molecule has 2 aliphatic rings. The molecule has 2 aliphatic heterocycles. The molecule has 2 atom stereocenters. The third kappa shape index (κ3) is 2.81. The summed E-state index contributed by atoms with van der Waals surface area (Å²) in [5.74, 6) is 0.0795. The summed E-state index contributed by atoms with van der Waals surface area (Å²) in [6.07, 6.45) is 5.34. The molecule has 0 aromatic carbocycles. The summed E-state index contributed by atoms with van der Waals surface area (Å²) in [5.41, 5.74) is 0. The van der Waals surface area contributed by atoms with Gasteiger partial charge in [-0.05, 0) is 26.2 Å². The molecule has 0 radical (unpaired) electrons. The number of hydrogen-bond donors (Lipinski definition) is 0. The zero-order chi connectivity index (χ0) is 14.8. The van der Waals surface area contributed by atoms with E-state index in [0.29, 0.717) is 19.5 Å². The highest BCUT2D eigenvalue weighted by molar-refractivity contribution is 7.09. The van der Waals surface area contributed by atoms with Crippen molar-refractivity contribution < 1.29 is 9.59 Å². The number of piperidine rings is 1. The third-order valence-corrected chi connectivity index (χ3v) is 5.34. The molecule has 0 aliphatic carbocycles. The number of hydrogen-bond acceptors (Lipinski definition) is 4. The maximum atomic E-state index is 12.8. The Morgan fingerprint density at radius 1 is 1.48 bits per heavy atom. The Balaban J connectivity index is 1.74. The minimum Gasteiger partial charge on any atom is -0.342 e. The van der Waals surface area contributed by atoms with E-state index >= 15 is 0 Å². The molecule has 0 unspecified atom stereocenters. The lowest BCUT2D eigenvalue weighted by Crippen LogP contribution is -2.42. The maximum absolute atomic E-state index is 12.8. The van der Waals surface area contributed by atoms with Crippen LogP contribution in [-0.4, -0.2) is 46.2 Å². The first-order valence-corrected chi connectivity index (χ1v) is 8.56. The minimum absolute atomic E-state index is 0.108. The molecule has 0 spiro atoms. The predicted octanol–water partition coefficient (Wildman–Crippen LogP) is 2.07. The van der Waals surface area contributed by atoms with Gasteiger partial charge in [-0.2, -0.15) is 0 Å². The van der Waals surface area contributed by atoms with Crippen LogP contribution in [0.15, 0.2) is 11.6 Å². The van der Waals surface area contributed by atoms with Crippen LogP contribution in [-0.2, 0) is 9.59 Å². The molecule has 1 aromatic heterocycles. The topological polar surface area (TPSA) is 53.5 Å². The van der Waals surface area contributed by atoms with Crippen LogP contribution in [0.3, 0.4) is 0 Å². The van der Waals surface area contributed by atoms with Crippen LogP contribution in [0.5, 0.6) is 0 Å². The summed E-state index contributed by atoms with van der Waals surface area (Å²) in [5, 5.41) is 2.99. The van der Waals surface area contributed by atoms with E-state index in [1.54, 1.807) is 22.4 Å². The van der Waals surface area contributed by atoms with Crippen LogP contribution in [0, 0.1) is 5.92 Å². The molecule has 2 fully saturated rings. The summed E-state index contributed by atoms with van der Waals surface area (Å²) in [7, 11) is 0. The van der Waals surface area contributed by atoms with E-state index in [0.717, 1.165) is 30.8 Å². The lowest BCUT2D eigenvalue weighted by Gasteiger charge is -2.36. The van der Waals surface area contributed by atoms with E-state index in [9.17, 15) is 9.59 Å². The molecule has 5 nitrogen and oxygen atoms in total. The highest BCUT2D eigenvalue weighted by atomic mass is 32.1. The fraction of sp³-hybridized carbons (Fsp3) is 0.667. The molecule has 21 heavy (non-hydrogen) atoms. The van der Waals surface area contributed by atoms with Crippen LogP contribution < -0.4 is 0 Å². The van der Waals surface area contributed by atoms with Gasteiger partial charge in [-0.3, -0.25) is 9.59 Å². The Hall–Kier alpha value is -1.43. The average molecular weight is 307 g/mol. The number of aromatic nitrogens is 1. The van der Waals surface area contributed by atoms with E-state index in [4.69, 9.17) is 0 Å². The third-order valence-electron chi connectivity index (χ3n) is 4.47. The molecule has 2 amide bonds. The Morgan fingerprint density at radius 3 is 3.00 bits per heavy atom. The molecule has 1 aromatic rings. The fourth-order valence-corrected chi connectivity index (χ4v) is 4.11. The summed E-state index contributed by atoms with van der Waals surface area (Å²) in [4.78, 5) is 32.8. The van der Waals surface area contributed by atoms with Crippen LogP contribution in [0.1, 0.15) is 43.7 Å². The lowest BCUT2D eigenvalue weighted by atomic mass is 9.99. The van der Waals surface area contributed by atoms with Crippen LogP contribution in [0.25, 0.3) is 0 Å². The summed E-state index contributed by atoms with van der Waals surface area (Å²) in [6, 6.07) is 0.108. The van der Waals surface area contributed by atoms with Crippen LogP contribution in [0.4, 0.5) is 0 Å². The van der Waals surface area contributed by atoms with Crippen molar-refractivity contribution in [1.82, 2.24) is 14.8 Å². The van der Waals surface area contributed by atoms with Crippen molar-refractivity contribution in [2.24, 2.45) is 5.92 Å². The Labute approximate surface area is 129 Å². The van der Waals surface area contributed by atoms with Crippen molar-refractivity contribution in [1.29, 1.82) is 0 Å². The molecule has 3 heterocycles. The first-order valence-electron chi connectivity index (χ1n) is 7.68. The van der Waals surface area contributed by atoms with Gasteiger partial charge in [-0.15, -0.1) is 11.3 Å². The van der Waals surface area contributed by atoms with Crippen molar-refractivity contribution in [3.05, 3.63) is 16.6 Å². The standard InChI is InChI=1S/C15H21N3O2S/c1-2-17-10-11(9-13(17)19)15(20)18-7-4-3-5-12(18)14-16-6-8-21-14/h6,8,11-12H,2-5,7,9-10H2,1H3/t11-,12-/m1/s1. The molecule has 2 saturated heterocycles. The van der Waals surface area contributed by atoms with Gasteiger partial charge in [0.25, 0.3) is 0 Å². The van der Waals surface area contributed by atoms with Gasteiger partial charge in [0.15, 0.2) is 0 Å². The maximum Gasteiger partial charge on any atom is 0.228 e. The van der Waals surface area contributed by atoms with Gasteiger partial charge < -0.3 is 9.80 Å². The van der Waals surface area contributed by atoms with Gasteiger partial charge in [0.2, 0.25) is 11.8 Å². The first kappa shape index (κ1) is 14.5. The number of carbonyl (C=O) groups is 2. The average Bonchev–Trinajstić information content (AvgIpc) is 3.15. The van der Waals surface area contributed by atoms with E-state index < -0.39 is 0 Å². The van der Waals surface area contributed by atoms with E-state index in [2.05, 4.69) is 4.98 Å². The van der Waals surface area contributed by atoms with E-state index in [1.165, 1.54) is 0 Å². The van der Waals surface area contributed by atoms with Crippen molar-refractivity contribution in [3.8, 4) is 0 Å². The summed E-state index contributed by atoms with van der Waals surface area (Å²) >= 11 is 1.62. The molecular formula is C15H21N3O2S. The van der Waals surface area contributed by atoms with Crippen molar-refractivity contribution in [2.75, 3.05) is 19.6 Å². The van der Waals surface area contributed by atoms with E-state index in [1.807, 2.05) is 17.2 Å². The quantitative estimate of drug-likeness (QED) is 0.859. The molecule has 0 N–H and O–H groups in total. The SMILES string of the molecule is CCN1C[C@H](C(=O)N2CCCC[C@@H]2c2nccs2)CC1=O. The van der Waals surface area contributed by atoms with Gasteiger partial charge >= 0.3 is 0 Å². The van der Waals surface area contributed by atoms with Crippen LogP contribution in [0.2, 0.25) is 0 Å². The monoisotopic (exact) mass is 307 g/mol. The van der Waals surface area contributed by atoms with Gasteiger partial charge in [0.05, 0.1) is 12.0 Å². The smallest absolute Gasteiger partial charge is 0.228 e. The summed E-state index contributed by atoms with van der Waals surface area (Å²) < 4.78 is 0. The first-order chi connectivity index (χ1) is 10.2. The molecule has 6 heteroatoms. The Kier molecular flexibility index (Phi) is 4.24. The lowest BCUT2D eigenvalue weighted by molar-refractivity contribution is -0.139. The van der Waals surface area contributed by atoms with Gasteiger partial charge in [0, 0.05) is 37.6 Å².